The SMILES string of the molecule is CCCCCCCCOC(=O)Nc1ccc(C(=O)[O-])c(O)c1.[K+]. The second kappa shape index (κ2) is 12.8. The third-order valence-corrected chi connectivity index (χ3v) is 3.20. The van der Waals surface area contributed by atoms with E-state index in [0.717, 1.165) is 31.4 Å². The van der Waals surface area contributed by atoms with Gasteiger partial charge in [-0.15, -0.1) is 0 Å². The van der Waals surface area contributed by atoms with Crippen LogP contribution in [0.5, 0.6) is 5.75 Å². The maximum atomic E-state index is 11.5. The van der Waals surface area contributed by atoms with Crippen LogP contribution in [0.4, 0.5) is 10.5 Å². The van der Waals surface area contributed by atoms with Crippen molar-refractivity contribution in [2.75, 3.05) is 11.9 Å². The van der Waals surface area contributed by atoms with Crippen LogP contribution in [0.15, 0.2) is 18.2 Å². The van der Waals surface area contributed by atoms with Crippen LogP contribution in [0.25, 0.3) is 0 Å². The normalized spacial score (nSPS) is 9.78. The average molecular weight is 347 g/mol. The molecule has 6 nitrogen and oxygen atoms in total. The van der Waals surface area contributed by atoms with E-state index in [1.54, 1.807) is 0 Å². The number of ether oxygens (including phenoxy) is 1. The molecule has 0 heterocycles. The van der Waals surface area contributed by atoms with E-state index in [1.165, 1.54) is 25.3 Å². The zero-order chi connectivity index (χ0) is 16.4. The number of nitrogens with one attached hydrogen (secondary N) is 1. The Hall–Kier alpha value is -0.604. The van der Waals surface area contributed by atoms with Gasteiger partial charge in [0.25, 0.3) is 0 Å². The van der Waals surface area contributed by atoms with Crippen molar-refractivity contribution in [2.45, 2.75) is 45.4 Å². The number of aromatic carboxylic acids is 1. The Bertz CT molecular complexity index is 507. The van der Waals surface area contributed by atoms with Crippen molar-refractivity contribution in [1.82, 2.24) is 0 Å². The first-order valence-electron chi connectivity index (χ1n) is 7.52. The summed E-state index contributed by atoms with van der Waals surface area (Å²) < 4.78 is 5.01. The van der Waals surface area contributed by atoms with Gasteiger partial charge in [-0.3, -0.25) is 5.32 Å². The smallest absolute Gasteiger partial charge is 0.545 e. The standard InChI is InChI=1S/C16H23NO5.K/c1-2-3-4-5-6-7-10-22-16(21)17-12-8-9-13(15(19)20)14(18)11-12;/h8-9,11,18H,2-7,10H2,1H3,(H,17,21)(H,19,20);/q;+1/p-1. The van der Waals surface area contributed by atoms with Gasteiger partial charge in [0.05, 0.1) is 12.6 Å². The van der Waals surface area contributed by atoms with Crippen LogP contribution in [-0.2, 0) is 4.74 Å². The second-order valence-electron chi connectivity index (χ2n) is 5.05. The van der Waals surface area contributed by atoms with E-state index in [-0.39, 0.29) is 62.6 Å². The van der Waals surface area contributed by atoms with Gasteiger partial charge < -0.3 is 19.7 Å². The average Bonchev–Trinajstić information content (AvgIpc) is 2.46. The minimum atomic E-state index is -1.48. The van der Waals surface area contributed by atoms with Crippen LogP contribution in [0.3, 0.4) is 0 Å². The predicted octanol–water partition coefficient (Wildman–Crippen LogP) is -0.331. The summed E-state index contributed by atoms with van der Waals surface area (Å²) in [5, 5.41) is 22.5. The predicted molar refractivity (Wildman–Crippen MR) is 80.8 cm³/mol. The fraction of sp³-hybridized carbons (Fsp3) is 0.500. The number of anilines is 1. The maximum absolute atomic E-state index is 11.5. The fourth-order valence-electron chi connectivity index (χ4n) is 1.98. The van der Waals surface area contributed by atoms with Gasteiger partial charge in [0.2, 0.25) is 0 Å². The molecule has 1 rings (SSSR count). The summed E-state index contributed by atoms with van der Waals surface area (Å²) in [6.45, 7) is 2.49. The maximum Gasteiger partial charge on any atom is 1.00 e. The van der Waals surface area contributed by atoms with E-state index >= 15 is 0 Å². The Labute approximate surface area is 179 Å². The van der Waals surface area contributed by atoms with Crippen molar-refractivity contribution in [3.05, 3.63) is 23.8 Å². The van der Waals surface area contributed by atoms with E-state index in [2.05, 4.69) is 12.2 Å². The fourth-order valence-corrected chi connectivity index (χ4v) is 1.98. The Kier molecular flexibility index (Phi) is 12.4. The minimum Gasteiger partial charge on any atom is -0.545 e. The number of hydrogen-bond acceptors (Lipinski definition) is 5. The molecule has 0 saturated carbocycles. The minimum absolute atomic E-state index is 0. The van der Waals surface area contributed by atoms with Crippen LogP contribution in [0, 0.1) is 0 Å². The molecule has 7 heteroatoms. The van der Waals surface area contributed by atoms with Gasteiger partial charge in [-0.2, -0.15) is 0 Å². The molecule has 1 aromatic carbocycles. The van der Waals surface area contributed by atoms with Crippen molar-refractivity contribution < 1.29 is 75.9 Å². The zero-order valence-electron chi connectivity index (χ0n) is 13.8. The molecule has 0 aliphatic heterocycles. The van der Waals surface area contributed by atoms with E-state index < -0.39 is 17.8 Å². The van der Waals surface area contributed by atoms with Gasteiger partial charge in [0.15, 0.2) is 0 Å². The summed E-state index contributed by atoms with van der Waals surface area (Å²) in [7, 11) is 0. The number of carbonyl (C=O) groups is 2. The molecule has 0 unspecified atom stereocenters. The quantitative estimate of drug-likeness (QED) is 0.471. The molecule has 0 aromatic heterocycles. The molecule has 1 amide bonds. The molecule has 23 heavy (non-hydrogen) atoms. The third kappa shape index (κ3) is 9.32. The number of benzene rings is 1. The van der Waals surface area contributed by atoms with Crippen molar-refractivity contribution in [3.63, 3.8) is 0 Å². The Balaban J connectivity index is 0.00000484. The zero-order valence-corrected chi connectivity index (χ0v) is 16.9. The van der Waals surface area contributed by atoms with Crippen LogP contribution < -0.4 is 61.8 Å². The van der Waals surface area contributed by atoms with Crippen molar-refractivity contribution >= 4 is 17.7 Å². The third-order valence-electron chi connectivity index (χ3n) is 3.20. The molecule has 0 aliphatic rings. The molecule has 122 valence electrons. The summed E-state index contributed by atoms with van der Waals surface area (Å²) >= 11 is 0. The molecular weight excluding hydrogens is 325 g/mol. The molecule has 1 aromatic rings. The molecule has 0 saturated heterocycles. The molecular formula is C16H22KNO5. The van der Waals surface area contributed by atoms with E-state index in [0.29, 0.717) is 6.61 Å². The largest absolute Gasteiger partial charge is 1.00 e. The Morgan fingerprint density at radius 3 is 2.43 bits per heavy atom. The molecule has 0 radical (unpaired) electrons. The number of unbranched alkanes of at least 4 members (excludes halogenated alkanes) is 5. The summed E-state index contributed by atoms with van der Waals surface area (Å²) in [5.74, 6) is -1.94. The summed E-state index contributed by atoms with van der Waals surface area (Å²) in [4.78, 5) is 22.2. The first kappa shape index (κ1) is 22.4. The molecule has 2 N–H and O–H groups in total. The van der Waals surface area contributed by atoms with Crippen molar-refractivity contribution in [3.8, 4) is 5.75 Å². The molecule has 0 fully saturated rings. The van der Waals surface area contributed by atoms with Gasteiger partial charge in [0.1, 0.15) is 5.75 Å². The Morgan fingerprint density at radius 1 is 1.17 bits per heavy atom. The topological polar surface area (TPSA) is 98.7 Å². The molecule has 0 bridgehead atoms. The number of rotatable bonds is 9. The molecule has 0 spiro atoms. The van der Waals surface area contributed by atoms with Gasteiger partial charge in [-0.05, 0) is 18.6 Å². The van der Waals surface area contributed by atoms with E-state index in [9.17, 15) is 19.8 Å². The number of hydrogen-bond donors (Lipinski definition) is 2. The van der Waals surface area contributed by atoms with Gasteiger partial charge in [0, 0.05) is 17.3 Å². The Morgan fingerprint density at radius 2 is 1.83 bits per heavy atom. The van der Waals surface area contributed by atoms with Gasteiger partial charge in [-0.1, -0.05) is 39.0 Å². The molecule has 0 atom stereocenters. The summed E-state index contributed by atoms with van der Waals surface area (Å²) in [6.07, 6.45) is 5.97. The first-order chi connectivity index (χ1) is 10.5. The number of carboxylic acid groups (broad SMARTS) is 1. The summed E-state index contributed by atoms with van der Waals surface area (Å²) in [6, 6.07) is 3.65. The van der Waals surface area contributed by atoms with Crippen LogP contribution in [-0.4, -0.2) is 23.8 Å². The van der Waals surface area contributed by atoms with Gasteiger partial charge in [-0.25, -0.2) is 4.79 Å². The number of aromatic hydroxyl groups is 1. The second-order valence-corrected chi connectivity index (χ2v) is 5.05. The number of carbonyl (C=O) groups excluding carboxylic acids is 2. The summed E-state index contributed by atoms with van der Waals surface area (Å²) in [5.41, 5.74) is -0.0681. The van der Waals surface area contributed by atoms with Crippen LogP contribution >= 0.6 is 0 Å². The van der Waals surface area contributed by atoms with Crippen molar-refractivity contribution in [1.29, 1.82) is 0 Å². The van der Waals surface area contributed by atoms with E-state index in [4.69, 9.17) is 4.74 Å². The molecule has 0 aliphatic carbocycles. The van der Waals surface area contributed by atoms with Crippen LogP contribution in [0.1, 0.15) is 55.8 Å². The monoisotopic (exact) mass is 347 g/mol. The number of carboxylic acids is 1. The number of amides is 1. The number of phenols is 1. The van der Waals surface area contributed by atoms with Crippen molar-refractivity contribution in [2.24, 2.45) is 0 Å². The van der Waals surface area contributed by atoms with Gasteiger partial charge >= 0.3 is 57.5 Å². The first-order valence-corrected chi connectivity index (χ1v) is 7.52. The van der Waals surface area contributed by atoms with E-state index in [1.807, 2.05) is 0 Å². The van der Waals surface area contributed by atoms with Crippen LogP contribution in [0.2, 0.25) is 0 Å².